The third-order valence-corrected chi connectivity index (χ3v) is 6.00. The fourth-order valence-corrected chi connectivity index (χ4v) is 4.24. The van der Waals surface area contributed by atoms with Crippen molar-refractivity contribution in [2.75, 3.05) is 19.7 Å². The van der Waals surface area contributed by atoms with Crippen LogP contribution in [0, 0.1) is 5.92 Å². The molecule has 10 heteroatoms. The van der Waals surface area contributed by atoms with Gasteiger partial charge in [0, 0.05) is 31.4 Å². The molecule has 3 heterocycles. The molecule has 2 aromatic heterocycles. The Morgan fingerprint density at radius 2 is 1.88 bits per heavy atom. The first-order chi connectivity index (χ1) is 16.4. The molecule has 10 nitrogen and oxygen atoms in total. The number of esters is 1. The minimum Gasteiger partial charge on any atom is -0.466 e. The number of ether oxygens (including phenoxy) is 1. The number of piperidine rings is 1. The number of nitrogens with zero attached hydrogens (tertiary/aromatic N) is 5. The Hall–Kier alpha value is -3.82. The van der Waals surface area contributed by atoms with Crippen LogP contribution in [0.3, 0.4) is 0 Å². The van der Waals surface area contributed by atoms with Gasteiger partial charge in [0.25, 0.3) is 5.56 Å². The second-order valence-electron chi connectivity index (χ2n) is 8.15. The van der Waals surface area contributed by atoms with Crippen molar-refractivity contribution in [1.29, 1.82) is 0 Å². The van der Waals surface area contributed by atoms with Crippen molar-refractivity contribution in [1.82, 2.24) is 24.0 Å². The maximum Gasteiger partial charge on any atom is 0.333 e. The van der Waals surface area contributed by atoms with Gasteiger partial charge in [0.1, 0.15) is 11.9 Å². The average Bonchev–Trinajstić information content (AvgIpc) is 2.87. The van der Waals surface area contributed by atoms with Crippen LogP contribution in [-0.2, 0) is 27.4 Å². The molecule has 0 spiro atoms. The number of hydrogen-bond acceptors (Lipinski definition) is 7. The Kier molecular flexibility index (Phi) is 6.85. The van der Waals surface area contributed by atoms with Gasteiger partial charge in [-0.2, -0.15) is 0 Å². The van der Waals surface area contributed by atoms with Crippen molar-refractivity contribution in [3.63, 3.8) is 0 Å². The van der Waals surface area contributed by atoms with Crippen LogP contribution in [0.15, 0.2) is 46.1 Å². The van der Waals surface area contributed by atoms with E-state index in [0.717, 1.165) is 10.1 Å². The summed E-state index contributed by atoms with van der Waals surface area (Å²) in [6.07, 6.45) is 2.69. The van der Waals surface area contributed by atoms with E-state index in [1.165, 1.54) is 15.7 Å². The largest absolute Gasteiger partial charge is 0.466 e. The summed E-state index contributed by atoms with van der Waals surface area (Å²) >= 11 is 0. The standard InChI is InChI=1S/C24H27N5O5/c1-3-28-21-18(13-25-20(26-21)16-9-6-5-7-10-16)22(31)29(24(28)33)15-19(30)27-12-8-11-17(14-27)23(32)34-4-2/h5-7,9-10,13,17H,3-4,8,11-12,14-15H2,1-2H3/t17-/m1/s1. The number of amides is 1. The van der Waals surface area contributed by atoms with E-state index >= 15 is 0 Å². The van der Waals surface area contributed by atoms with E-state index in [9.17, 15) is 19.2 Å². The number of benzene rings is 1. The minimum atomic E-state index is -0.614. The molecule has 0 N–H and O–H groups in total. The van der Waals surface area contributed by atoms with Gasteiger partial charge in [0.15, 0.2) is 11.5 Å². The fourth-order valence-electron chi connectivity index (χ4n) is 4.24. The highest BCUT2D eigenvalue weighted by atomic mass is 16.5. The quantitative estimate of drug-likeness (QED) is 0.506. The first-order valence-corrected chi connectivity index (χ1v) is 11.4. The van der Waals surface area contributed by atoms with E-state index < -0.39 is 29.6 Å². The van der Waals surface area contributed by atoms with Gasteiger partial charge in [-0.15, -0.1) is 0 Å². The number of aryl methyl sites for hydroxylation is 1. The molecule has 1 aromatic carbocycles. The van der Waals surface area contributed by atoms with Crippen molar-refractivity contribution in [3.8, 4) is 11.4 Å². The zero-order chi connectivity index (χ0) is 24.2. The minimum absolute atomic E-state index is 0.164. The summed E-state index contributed by atoms with van der Waals surface area (Å²) < 4.78 is 7.38. The van der Waals surface area contributed by atoms with Gasteiger partial charge in [-0.25, -0.2) is 14.8 Å². The maximum atomic E-state index is 13.2. The summed E-state index contributed by atoms with van der Waals surface area (Å²) in [5.41, 5.74) is -0.225. The first kappa shape index (κ1) is 23.3. The van der Waals surface area contributed by atoms with Crippen LogP contribution in [0.4, 0.5) is 0 Å². The van der Waals surface area contributed by atoms with Crippen molar-refractivity contribution in [2.45, 2.75) is 39.8 Å². The lowest BCUT2D eigenvalue weighted by atomic mass is 9.98. The van der Waals surface area contributed by atoms with Crippen LogP contribution < -0.4 is 11.2 Å². The average molecular weight is 466 g/mol. The Morgan fingerprint density at radius 3 is 2.59 bits per heavy atom. The molecule has 1 fully saturated rings. The number of hydrogen-bond donors (Lipinski definition) is 0. The number of rotatable bonds is 6. The molecule has 0 saturated carbocycles. The molecule has 1 amide bonds. The lowest BCUT2D eigenvalue weighted by Crippen LogP contribution is -2.48. The smallest absolute Gasteiger partial charge is 0.333 e. The number of carbonyl (C=O) groups excluding carboxylic acids is 2. The fraction of sp³-hybridized carbons (Fsp3) is 0.417. The third kappa shape index (κ3) is 4.48. The Morgan fingerprint density at radius 1 is 1.12 bits per heavy atom. The molecular formula is C24H27N5O5. The first-order valence-electron chi connectivity index (χ1n) is 11.4. The van der Waals surface area contributed by atoms with Gasteiger partial charge in [-0.05, 0) is 26.7 Å². The van der Waals surface area contributed by atoms with Crippen LogP contribution in [-0.4, -0.2) is 55.6 Å². The van der Waals surface area contributed by atoms with E-state index in [0.29, 0.717) is 25.2 Å². The van der Waals surface area contributed by atoms with Gasteiger partial charge in [-0.1, -0.05) is 30.3 Å². The lowest BCUT2D eigenvalue weighted by Gasteiger charge is -2.31. The van der Waals surface area contributed by atoms with Crippen LogP contribution in [0.25, 0.3) is 22.4 Å². The monoisotopic (exact) mass is 465 g/mol. The molecule has 1 saturated heterocycles. The highest BCUT2D eigenvalue weighted by molar-refractivity contribution is 5.79. The molecule has 178 valence electrons. The van der Waals surface area contributed by atoms with Crippen LogP contribution >= 0.6 is 0 Å². The third-order valence-electron chi connectivity index (χ3n) is 6.00. The molecule has 34 heavy (non-hydrogen) atoms. The van der Waals surface area contributed by atoms with Crippen LogP contribution in [0.5, 0.6) is 0 Å². The van der Waals surface area contributed by atoms with Crippen molar-refractivity contribution >= 4 is 22.9 Å². The second kappa shape index (κ2) is 9.98. The number of carbonyl (C=O) groups is 2. The zero-order valence-electron chi connectivity index (χ0n) is 19.3. The molecule has 1 atom stereocenters. The topological polar surface area (TPSA) is 116 Å². The van der Waals surface area contributed by atoms with Gasteiger partial charge >= 0.3 is 11.7 Å². The summed E-state index contributed by atoms with van der Waals surface area (Å²) in [4.78, 5) is 61.8. The van der Waals surface area contributed by atoms with Crippen LogP contribution in [0.1, 0.15) is 26.7 Å². The lowest BCUT2D eigenvalue weighted by molar-refractivity contribution is -0.151. The van der Waals surface area contributed by atoms with Gasteiger partial charge in [0.2, 0.25) is 5.91 Å². The SMILES string of the molecule is CCOC(=O)[C@@H]1CCCN(C(=O)Cn2c(=O)c3cnc(-c4ccccc4)nc3n(CC)c2=O)C1. The van der Waals surface area contributed by atoms with E-state index in [2.05, 4.69) is 9.97 Å². The highest BCUT2D eigenvalue weighted by Crippen LogP contribution is 2.19. The molecule has 1 aliphatic heterocycles. The predicted octanol–water partition coefficient (Wildman–Crippen LogP) is 1.44. The van der Waals surface area contributed by atoms with Gasteiger partial charge in [0.05, 0.1) is 12.5 Å². The molecule has 0 radical (unpaired) electrons. The summed E-state index contributed by atoms with van der Waals surface area (Å²) in [5, 5.41) is 0.164. The van der Waals surface area contributed by atoms with Gasteiger partial charge < -0.3 is 9.64 Å². The number of likely N-dealkylation sites (tertiary alicyclic amines) is 1. The van der Waals surface area contributed by atoms with Crippen molar-refractivity contribution in [3.05, 3.63) is 57.4 Å². The van der Waals surface area contributed by atoms with Crippen LogP contribution in [0.2, 0.25) is 0 Å². The maximum absolute atomic E-state index is 13.2. The van der Waals surface area contributed by atoms with Gasteiger partial charge in [-0.3, -0.25) is 23.5 Å². The Bertz CT molecular complexity index is 1330. The second-order valence-corrected chi connectivity index (χ2v) is 8.15. The van der Waals surface area contributed by atoms with E-state index in [1.54, 1.807) is 13.8 Å². The van der Waals surface area contributed by atoms with Crippen molar-refractivity contribution in [2.24, 2.45) is 5.92 Å². The zero-order valence-corrected chi connectivity index (χ0v) is 19.3. The molecule has 0 bridgehead atoms. The number of aromatic nitrogens is 4. The molecule has 0 aliphatic carbocycles. The van der Waals surface area contributed by atoms with E-state index in [-0.39, 0.29) is 36.7 Å². The highest BCUT2D eigenvalue weighted by Gasteiger charge is 2.30. The summed E-state index contributed by atoms with van der Waals surface area (Å²) in [6.45, 7) is 4.32. The Balaban J connectivity index is 1.67. The van der Waals surface area contributed by atoms with E-state index in [4.69, 9.17) is 4.74 Å². The summed E-state index contributed by atoms with van der Waals surface area (Å²) in [5.74, 6) is -0.719. The number of fused-ring (bicyclic) bond motifs is 1. The normalized spacial score (nSPS) is 15.9. The predicted molar refractivity (Wildman–Crippen MR) is 125 cm³/mol. The molecule has 0 unspecified atom stereocenters. The molecule has 4 rings (SSSR count). The van der Waals surface area contributed by atoms with Crippen molar-refractivity contribution < 1.29 is 14.3 Å². The molecule has 3 aromatic rings. The summed E-state index contributed by atoms with van der Waals surface area (Å²) in [7, 11) is 0. The molecule has 1 aliphatic rings. The Labute approximate surface area is 195 Å². The summed E-state index contributed by atoms with van der Waals surface area (Å²) in [6, 6.07) is 9.27. The molecular weight excluding hydrogens is 438 g/mol. The van der Waals surface area contributed by atoms with E-state index in [1.807, 2.05) is 30.3 Å².